The number of benzene rings is 2. The maximum atomic E-state index is 13.1. The van der Waals surface area contributed by atoms with Gasteiger partial charge in [0.15, 0.2) is 11.6 Å². The van der Waals surface area contributed by atoms with E-state index in [-0.39, 0.29) is 22.3 Å². The SMILES string of the molecule is CC(C)(C)c1cc(C(=O)O)c(C(=O)O)c2c1C(=O)c1ccccc1C2=O. The first-order valence-corrected chi connectivity index (χ1v) is 7.92. The van der Waals surface area contributed by atoms with E-state index in [4.69, 9.17) is 0 Å². The second kappa shape index (κ2) is 5.62. The molecule has 0 aliphatic heterocycles. The second-order valence-electron chi connectivity index (χ2n) is 7.16. The summed E-state index contributed by atoms with van der Waals surface area (Å²) in [6, 6.07) is 7.34. The Balaban J connectivity index is 2.55. The van der Waals surface area contributed by atoms with Crippen LogP contribution in [0, 0.1) is 0 Å². The van der Waals surface area contributed by atoms with Crippen molar-refractivity contribution in [1.29, 1.82) is 0 Å². The molecule has 6 heteroatoms. The molecule has 0 aromatic heterocycles. The van der Waals surface area contributed by atoms with Crippen molar-refractivity contribution in [2.75, 3.05) is 0 Å². The van der Waals surface area contributed by atoms with Crippen molar-refractivity contribution < 1.29 is 29.4 Å². The number of carboxylic acid groups (broad SMARTS) is 2. The lowest BCUT2D eigenvalue weighted by Crippen LogP contribution is -2.30. The summed E-state index contributed by atoms with van der Waals surface area (Å²) in [6.45, 7) is 5.31. The molecule has 0 bridgehead atoms. The van der Waals surface area contributed by atoms with Gasteiger partial charge in [0.1, 0.15) is 0 Å². The van der Waals surface area contributed by atoms with Crippen LogP contribution in [0.25, 0.3) is 0 Å². The molecule has 26 heavy (non-hydrogen) atoms. The summed E-state index contributed by atoms with van der Waals surface area (Å²) in [4.78, 5) is 49.6. The molecule has 1 aliphatic rings. The van der Waals surface area contributed by atoms with Gasteiger partial charge in [-0.1, -0.05) is 45.0 Å². The average Bonchev–Trinajstić information content (AvgIpc) is 2.56. The van der Waals surface area contributed by atoms with Crippen molar-refractivity contribution in [3.05, 3.63) is 69.3 Å². The van der Waals surface area contributed by atoms with E-state index >= 15 is 0 Å². The van der Waals surface area contributed by atoms with Crippen molar-refractivity contribution in [2.45, 2.75) is 26.2 Å². The zero-order valence-electron chi connectivity index (χ0n) is 14.4. The van der Waals surface area contributed by atoms with Crippen LogP contribution in [-0.4, -0.2) is 33.7 Å². The molecule has 0 unspecified atom stereocenters. The third-order valence-electron chi connectivity index (χ3n) is 4.45. The molecular weight excluding hydrogens is 336 g/mol. The molecule has 6 nitrogen and oxygen atoms in total. The summed E-state index contributed by atoms with van der Waals surface area (Å²) in [5.41, 5.74) is -1.58. The first kappa shape index (κ1) is 17.5. The molecule has 0 fully saturated rings. The van der Waals surface area contributed by atoms with Gasteiger partial charge < -0.3 is 10.2 Å². The number of aromatic carboxylic acids is 2. The van der Waals surface area contributed by atoms with Crippen LogP contribution >= 0.6 is 0 Å². The number of ketones is 2. The summed E-state index contributed by atoms with van der Waals surface area (Å²) in [6.07, 6.45) is 0. The van der Waals surface area contributed by atoms with Gasteiger partial charge in [0, 0.05) is 22.3 Å². The van der Waals surface area contributed by atoms with Crippen LogP contribution in [0.15, 0.2) is 30.3 Å². The van der Waals surface area contributed by atoms with Gasteiger partial charge in [0.2, 0.25) is 0 Å². The van der Waals surface area contributed by atoms with E-state index in [0.717, 1.165) is 0 Å². The number of fused-ring (bicyclic) bond motifs is 2. The van der Waals surface area contributed by atoms with E-state index in [1.807, 2.05) is 0 Å². The number of rotatable bonds is 2. The molecule has 0 spiro atoms. The van der Waals surface area contributed by atoms with Crippen molar-refractivity contribution in [1.82, 2.24) is 0 Å². The number of carboxylic acids is 2. The van der Waals surface area contributed by atoms with E-state index < -0.39 is 40.0 Å². The van der Waals surface area contributed by atoms with Crippen LogP contribution in [0.5, 0.6) is 0 Å². The van der Waals surface area contributed by atoms with Crippen LogP contribution < -0.4 is 0 Å². The topological polar surface area (TPSA) is 109 Å². The van der Waals surface area contributed by atoms with Gasteiger partial charge in [-0.3, -0.25) is 9.59 Å². The lowest BCUT2D eigenvalue weighted by molar-refractivity contribution is 0.0649. The molecular formula is C20H16O6. The predicted octanol–water partition coefficient (Wildman–Crippen LogP) is 3.16. The first-order valence-electron chi connectivity index (χ1n) is 7.92. The molecule has 1 aliphatic carbocycles. The van der Waals surface area contributed by atoms with Crippen LogP contribution in [0.1, 0.15) is 78.9 Å². The Hall–Kier alpha value is -3.28. The first-order chi connectivity index (χ1) is 12.1. The maximum Gasteiger partial charge on any atom is 0.337 e. The van der Waals surface area contributed by atoms with E-state index in [9.17, 15) is 29.4 Å². The Labute approximate surface area is 149 Å². The molecule has 2 aromatic rings. The molecule has 2 aromatic carbocycles. The summed E-state index contributed by atoms with van der Waals surface area (Å²) < 4.78 is 0. The summed E-state index contributed by atoms with van der Waals surface area (Å²) >= 11 is 0. The minimum Gasteiger partial charge on any atom is -0.478 e. The molecule has 3 rings (SSSR count). The zero-order valence-corrected chi connectivity index (χ0v) is 14.4. The molecule has 0 amide bonds. The van der Waals surface area contributed by atoms with Gasteiger partial charge in [0.25, 0.3) is 0 Å². The highest BCUT2D eigenvalue weighted by Crippen LogP contribution is 2.38. The number of hydrogen-bond acceptors (Lipinski definition) is 4. The molecule has 0 saturated heterocycles. The fourth-order valence-corrected chi connectivity index (χ4v) is 3.28. The van der Waals surface area contributed by atoms with Crippen LogP contribution in [0.3, 0.4) is 0 Å². The number of hydrogen-bond donors (Lipinski definition) is 2. The van der Waals surface area contributed by atoms with E-state index in [2.05, 4.69) is 0 Å². The minimum absolute atomic E-state index is 0.0244. The number of carbonyl (C=O) groups excluding carboxylic acids is 2. The van der Waals surface area contributed by atoms with Crippen molar-refractivity contribution in [3.8, 4) is 0 Å². The van der Waals surface area contributed by atoms with Gasteiger partial charge >= 0.3 is 11.9 Å². The van der Waals surface area contributed by atoms with Crippen molar-refractivity contribution >= 4 is 23.5 Å². The molecule has 0 atom stereocenters. The Bertz CT molecular complexity index is 1010. The molecule has 2 N–H and O–H groups in total. The van der Waals surface area contributed by atoms with Gasteiger partial charge in [-0.25, -0.2) is 9.59 Å². The highest BCUT2D eigenvalue weighted by atomic mass is 16.4. The zero-order chi connectivity index (χ0) is 19.4. The fourth-order valence-electron chi connectivity index (χ4n) is 3.28. The van der Waals surface area contributed by atoms with Crippen molar-refractivity contribution in [2.24, 2.45) is 0 Å². The quantitative estimate of drug-likeness (QED) is 0.733. The van der Waals surface area contributed by atoms with Gasteiger partial charge in [-0.05, 0) is 17.0 Å². The highest BCUT2D eigenvalue weighted by Gasteiger charge is 2.39. The second-order valence-corrected chi connectivity index (χ2v) is 7.16. The lowest BCUT2D eigenvalue weighted by atomic mass is 9.72. The highest BCUT2D eigenvalue weighted by molar-refractivity contribution is 6.32. The monoisotopic (exact) mass is 352 g/mol. The third kappa shape index (κ3) is 2.42. The van der Waals surface area contributed by atoms with Crippen molar-refractivity contribution in [3.63, 3.8) is 0 Å². The number of carbonyl (C=O) groups is 4. The Morgan fingerprint density at radius 3 is 1.77 bits per heavy atom. The van der Waals surface area contributed by atoms with E-state index in [0.29, 0.717) is 5.56 Å². The van der Waals surface area contributed by atoms with E-state index in [1.54, 1.807) is 32.9 Å². The van der Waals surface area contributed by atoms with E-state index in [1.165, 1.54) is 18.2 Å². The predicted molar refractivity (Wildman–Crippen MR) is 92.4 cm³/mol. The molecule has 0 saturated carbocycles. The maximum absolute atomic E-state index is 13.1. The standard InChI is InChI=1S/C20H16O6/c1-20(2,3)12-8-11(18(23)24)13(19(25)26)15-14(12)16(21)9-6-4-5-7-10(9)17(15)22/h4-8H,1-3H3,(H,23,24)(H,25,26). The average molecular weight is 352 g/mol. The molecule has 0 heterocycles. The summed E-state index contributed by atoms with van der Waals surface area (Å²) in [5.74, 6) is -4.14. The largest absolute Gasteiger partial charge is 0.478 e. The third-order valence-corrected chi connectivity index (χ3v) is 4.45. The van der Waals surface area contributed by atoms with Gasteiger partial charge in [-0.2, -0.15) is 0 Å². The Morgan fingerprint density at radius 2 is 1.35 bits per heavy atom. The fraction of sp³-hybridized carbons (Fsp3) is 0.200. The Morgan fingerprint density at radius 1 is 0.846 bits per heavy atom. The molecule has 132 valence electrons. The van der Waals surface area contributed by atoms with Gasteiger partial charge in [0.05, 0.1) is 11.1 Å². The van der Waals surface area contributed by atoms with Gasteiger partial charge in [-0.15, -0.1) is 0 Å². The Kier molecular flexibility index (Phi) is 3.79. The normalized spacial score (nSPS) is 13.2. The smallest absolute Gasteiger partial charge is 0.337 e. The van der Waals surface area contributed by atoms with Crippen LogP contribution in [-0.2, 0) is 5.41 Å². The molecule has 0 radical (unpaired) electrons. The van der Waals surface area contributed by atoms with Crippen LogP contribution in [0.4, 0.5) is 0 Å². The minimum atomic E-state index is -1.56. The summed E-state index contributed by atoms with van der Waals surface area (Å²) in [7, 11) is 0. The summed E-state index contributed by atoms with van der Waals surface area (Å²) in [5, 5.41) is 19.1. The van der Waals surface area contributed by atoms with Crippen LogP contribution in [0.2, 0.25) is 0 Å². The lowest BCUT2D eigenvalue weighted by Gasteiger charge is -2.28.